The van der Waals surface area contributed by atoms with Crippen LogP contribution in [0.15, 0.2) is 79.0 Å². The number of nitrogens with zero attached hydrogens (tertiary/aromatic N) is 1. The van der Waals surface area contributed by atoms with E-state index in [9.17, 15) is 9.18 Å². The summed E-state index contributed by atoms with van der Waals surface area (Å²) < 4.78 is 15.2. The summed E-state index contributed by atoms with van der Waals surface area (Å²) in [6.07, 6.45) is 1.95. The van der Waals surface area contributed by atoms with Gasteiger partial charge in [0.05, 0.1) is 11.2 Å². The summed E-state index contributed by atoms with van der Waals surface area (Å²) >= 11 is 0. The number of nitrogens with one attached hydrogen (secondary N) is 1. The van der Waals surface area contributed by atoms with E-state index in [0.717, 1.165) is 16.6 Å². The zero-order valence-corrected chi connectivity index (χ0v) is 14.9. The molecular weight excluding hydrogens is 339 g/mol. The molecule has 1 N–H and O–H groups in total. The highest BCUT2D eigenvalue weighted by molar-refractivity contribution is 6.09. The predicted octanol–water partition coefficient (Wildman–Crippen LogP) is 5.39. The van der Waals surface area contributed by atoms with Crippen LogP contribution in [-0.2, 0) is 6.54 Å². The first-order valence-corrected chi connectivity index (χ1v) is 8.80. The van der Waals surface area contributed by atoms with E-state index in [1.54, 1.807) is 0 Å². The number of hydrogen-bond acceptors (Lipinski definition) is 1. The summed E-state index contributed by atoms with van der Waals surface area (Å²) in [6.45, 7) is 2.78. The van der Waals surface area contributed by atoms with E-state index in [1.807, 2.05) is 30.5 Å². The first kappa shape index (κ1) is 17.0. The number of carbonyl (C=O) groups is 1. The van der Waals surface area contributed by atoms with Crippen LogP contribution in [0.1, 0.15) is 21.5 Å². The third kappa shape index (κ3) is 3.60. The Hall–Kier alpha value is -3.40. The summed E-state index contributed by atoms with van der Waals surface area (Å²) in [7, 11) is 0. The van der Waals surface area contributed by atoms with Crippen LogP contribution in [0.4, 0.5) is 10.1 Å². The van der Waals surface area contributed by atoms with Crippen LogP contribution in [0.5, 0.6) is 0 Å². The lowest BCUT2D eigenvalue weighted by Crippen LogP contribution is -2.11. The van der Waals surface area contributed by atoms with Gasteiger partial charge < -0.3 is 9.88 Å². The number of anilines is 1. The average molecular weight is 358 g/mol. The number of carbonyl (C=O) groups excluding carboxylic acids is 1. The van der Waals surface area contributed by atoms with Crippen molar-refractivity contribution in [1.82, 2.24) is 4.57 Å². The molecule has 1 aromatic heterocycles. The lowest BCUT2D eigenvalue weighted by molar-refractivity contribution is 0.102. The zero-order chi connectivity index (χ0) is 18.8. The molecule has 4 aromatic rings. The summed E-state index contributed by atoms with van der Waals surface area (Å²) in [5, 5.41) is 3.93. The molecule has 0 radical (unpaired) electrons. The minimum atomic E-state index is -0.360. The number of aryl methyl sites for hydroxylation is 1. The molecule has 0 aliphatic rings. The smallest absolute Gasteiger partial charge is 0.255 e. The largest absolute Gasteiger partial charge is 0.341 e. The highest BCUT2D eigenvalue weighted by Crippen LogP contribution is 2.27. The number of aromatic nitrogens is 1. The van der Waals surface area contributed by atoms with Gasteiger partial charge in [-0.2, -0.15) is 0 Å². The highest BCUT2D eigenvalue weighted by Gasteiger charge is 2.12. The van der Waals surface area contributed by atoms with E-state index in [4.69, 9.17) is 0 Å². The van der Waals surface area contributed by atoms with Crippen LogP contribution in [0.2, 0.25) is 0 Å². The summed E-state index contributed by atoms with van der Waals surface area (Å²) in [4.78, 5) is 12.5. The maximum absolute atomic E-state index is 13.1. The fraction of sp³-hybridized carbons (Fsp3) is 0.0870. The Morgan fingerprint density at radius 2 is 1.67 bits per heavy atom. The standard InChI is InChI=1S/C23H19FN2O/c1-16-6-8-17(9-7-16)14-26-15-21(20-4-2-3-5-22(20)26)25-23(27)18-10-12-19(24)13-11-18/h2-13,15H,14H2,1H3,(H,25,27). The van der Waals surface area contributed by atoms with Crippen molar-refractivity contribution in [2.75, 3.05) is 5.32 Å². The van der Waals surface area contributed by atoms with Crippen molar-refractivity contribution >= 4 is 22.5 Å². The van der Waals surface area contributed by atoms with Gasteiger partial charge in [-0.15, -0.1) is 0 Å². The SMILES string of the molecule is Cc1ccc(Cn2cc(NC(=O)c3ccc(F)cc3)c3ccccc32)cc1. The topological polar surface area (TPSA) is 34.0 Å². The second-order valence-electron chi connectivity index (χ2n) is 6.63. The first-order chi connectivity index (χ1) is 13.1. The van der Waals surface area contributed by atoms with E-state index >= 15 is 0 Å². The Morgan fingerprint density at radius 1 is 0.963 bits per heavy atom. The van der Waals surface area contributed by atoms with Gasteiger partial charge in [-0.1, -0.05) is 48.0 Å². The average Bonchev–Trinajstić information content (AvgIpc) is 3.02. The summed E-state index contributed by atoms with van der Waals surface area (Å²) in [6, 6.07) is 21.9. The van der Waals surface area contributed by atoms with Crippen molar-refractivity contribution in [3.63, 3.8) is 0 Å². The molecule has 4 heteroatoms. The monoisotopic (exact) mass is 358 g/mol. The van der Waals surface area contributed by atoms with Crippen molar-refractivity contribution in [1.29, 1.82) is 0 Å². The molecule has 0 aliphatic carbocycles. The molecule has 1 heterocycles. The fourth-order valence-electron chi connectivity index (χ4n) is 3.16. The van der Waals surface area contributed by atoms with Crippen LogP contribution in [0.3, 0.4) is 0 Å². The van der Waals surface area contributed by atoms with Crippen LogP contribution < -0.4 is 5.32 Å². The molecule has 134 valence electrons. The van der Waals surface area contributed by atoms with E-state index < -0.39 is 0 Å². The number of para-hydroxylation sites is 1. The lowest BCUT2D eigenvalue weighted by Gasteiger charge is -2.06. The van der Waals surface area contributed by atoms with E-state index in [1.165, 1.54) is 35.4 Å². The molecule has 0 atom stereocenters. The van der Waals surface area contributed by atoms with Crippen molar-refractivity contribution in [2.45, 2.75) is 13.5 Å². The van der Waals surface area contributed by atoms with E-state index in [2.05, 4.69) is 41.1 Å². The third-order valence-corrected chi connectivity index (χ3v) is 4.62. The maximum atomic E-state index is 13.1. The minimum Gasteiger partial charge on any atom is -0.341 e. The van der Waals surface area contributed by atoms with E-state index in [-0.39, 0.29) is 11.7 Å². The van der Waals surface area contributed by atoms with Crippen LogP contribution in [-0.4, -0.2) is 10.5 Å². The van der Waals surface area contributed by atoms with Crippen molar-refractivity contribution in [3.05, 3.63) is 102 Å². The van der Waals surface area contributed by atoms with Gasteiger partial charge in [0.1, 0.15) is 5.82 Å². The molecule has 0 unspecified atom stereocenters. The first-order valence-electron chi connectivity index (χ1n) is 8.80. The molecular formula is C23H19FN2O. The predicted molar refractivity (Wildman–Crippen MR) is 107 cm³/mol. The number of fused-ring (bicyclic) bond motifs is 1. The number of halogens is 1. The molecule has 3 nitrogen and oxygen atoms in total. The molecule has 4 rings (SSSR count). The minimum absolute atomic E-state index is 0.256. The quantitative estimate of drug-likeness (QED) is 0.521. The van der Waals surface area contributed by atoms with Gasteiger partial charge in [0.25, 0.3) is 5.91 Å². The van der Waals surface area contributed by atoms with Gasteiger partial charge in [-0.05, 0) is 42.8 Å². The second-order valence-corrected chi connectivity index (χ2v) is 6.63. The van der Waals surface area contributed by atoms with Gasteiger partial charge in [-0.3, -0.25) is 4.79 Å². The molecule has 0 aliphatic heterocycles. The Morgan fingerprint density at radius 3 is 2.41 bits per heavy atom. The molecule has 1 amide bonds. The normalized spacial score (nSPS) is 10.9. The van der Waals surface area contributed by atoms with Gasteiger partial charge in [0, 0.05) is 23.7 Å². The van der Waals surface area contributed by atoms with Gasteiger partial charge in [0.15, 0.2) is 0 Å². The Bertz CT molecular complexity index is 1100. The van der Waals surface area contributed by atoms with Crippen LogP contribution in [0, 0.1) is 12.7 Å². The summed E-state index contributed by atoms with van der Waals surface area (Å²) in [5.74, 6) is -0.616. The zero-order valence-electron chi connectivity index (χ0n) is 14.9. The van der Waals surface area contributed by atoms with Gasteiger partial charge >= 0.3 is 0 Å². The third-order valence-electron chi connectivity index (χ3n) is 4.62. The Balaban J connectivity index is 1.66. The molecule has 0 spiro atoms. The second kappa shape index (κ2) is 7.08. The van der Waals surface area contributed by atoms with E-state index in [0.29, 0.717) is 12.1 Å². The van der Waals surface area contributed by atoms with Crippen LogP contribution >= 0.6 is 0 Å². The fourth-order valence-corrected chi connectivity index (χ4v) is 3.16. The molecule has 0 saturated heterocycles. The summed E-state index contributed by atoms with van der Waals surface area (Å²) in [5.41, 5.74) is 4.63. The molecule has 3 aromatic carbocycles. The molecule has 27 heavy (non-hydrogen) atoms. The van der Waals surface area contributed by atoms with Crippen LogP contribution in [0.25, 0.3) is 10.9 Å². The Kier molecular flexibility index (Phi) is 4.47. The Labute approximate surface area is 157 Å². The molecule has 0 fully saturated rings. The maximum Gasteiger partial charge on any atom is 0.255 e. The number of hydrogen-bond donors (Lipinski definition) is 1. The van der Waals surface area contributed by atoms with Crippen molar-refractivity contribution in [3.8, 4) is 0 Å². The lowest BCUT2D eigenvalue weighted by atomic mass is 10.1. The molecule has 0 bridgehead atoms. The number of rotatable bonds is 4. The number of benzene rings is 3. The number of amides is 1. The van der Waals surface area contributed by atoms with Gasteiger partial charge in [0.2, 0.25) is 0 Å². The van der Waals surface area contributed by atoms with Gasteiger partial charge in [-0.25, -0.2) is 4.39 Å². The van der Waals surface area contributed by atoms with Crippen molar-refractivity contribution < 1.29 is 9.18 Å². The van der Waals surface area contributed by atoms with Crippen molar-refractivity contribution in [2.24, 2.45) is 0 Å². The molecule has 0 saturated carbocycles. The highest BCUT2D eigenvalue weighted by atomic mass is 19.1.